The fourth-order valence-electron chi connectivity index (χ4n) is 6.13. The number of carbonyl (C=O) groups excluding carboxylic acids is 1. The third-order valence-corrected chi connectivity index (χ3v) is 6.89. The number of benzene rings is 1. The van der Waals surface area contributed by atoms with E-state index in [0.717, 1.165) is 17.8 Å². The highest BCUT2D eigenvalue weighted by atomic mass is 16.5. The number of hydrogen-bond acceptors (Lipinski definition) is 3. The lowest BCUT2D eigenvalue weighted by Gasteiger charge is -2.59. The number of carbonyl (C=O) groups is 1. The average Bonchev–Trinajstić information content (AvgIpc) is 2.60. The minimum atomic E-state index is -0.0282. The minimum Gasteiger partial charge on any atom is -0.490 e. The first-order valence-corrected chi connectivity index (χ1v) is 10.2. The van der Waals surface area contributed by atoms with Gasteiger partial charge in [0, 0.05) is 6.04 Å². The lowest BCUT2D eigenvalue weighted by molar-refractivity contribution is -0.127. The molecule has 0 spiro atoms. The van der Waals surface area contributed by atoms with Gasteiger partial charge < -0.3 is 14.8 Å². The van der Waals surface area contributed by atoms with E-state index in [-0.39, 0.29) is 18.6 Å². The van der Waals surface area contributed by atoms with Crippen LogP contribution in [0.3, 0.4) is 0 Å². The highest BCUT2D eigenvalue weighted by Gasteiger charge is 2.53. The molecule has 142 valence electrons. The van der Waals surface area contributed by atoms with Crippen LogP contribution in [0.25, 0.3) is 0 Å². The molecule has 26 heavy (non-hydrogen) atoms. The molecule has 4 saturated carbocycles. The lowest BCUT2D eigenvalue weighted by atomic mass is 9.48. The molecule has 4 aliphatic rings. The second-order valence-corrected chi connectivity index (χ2v) is 8.74. The standard InChI is InChI=1S/C22H31NO3/c1-3-25-19-6-4-5-7-20(19)26-14-21(24)23-15(2)22-11-16-8-17(12-22)10-18(9-16)13-22/h4-7,15-18H,3,8-14H2,1-2H3,(H,23,24)/t15-,16?,17?,18?,22?/m0/s1. The van der Waals surface area contributed by atoms with E-state index in [1.165, 1.54) is 38.5 Å². The van der Waals surface area contributed by atoms with Crippen molar-refractivity contribution < 1.29 is 14.3 Å². The van der Waals surface area contributed by atoms with Gasteiger partial charge in [0.2, 0.25) is 0 Å². The van der Waals surface area contributed by atoms with E-state index in [1.54, 1.807) is 0 Å². The fraction of sp³-hybridized carbons (Fsp3) is 0.682. The number of hydrogen-bond donors (Lipinski definition) is 1. The van der Waals surface area contributed by atoms with Crippen LogP contribution in [-0.2, 0) is 4.79 Å². The molecule has 0 unspecified atom stereocenters. The summed E-state index contributed by atoms with van der Waals surface area (Å²) in [4.78, 5) is 12.5. The number of nitrogens with one attached hydrogen (secondary N) is 1. The Morgan fingerprint density at radius 2 is 1.62 bits per heavy atom. The summed E-state index contributed by atoms with van der Waals surface area (Å²) in [5.41, 5.74) is 0.327. The van der Waals surface area contributed by atoms with E-state index in [4.69, 9.17) is 9.47 Å². The predicted octanol–water partition coefficient (Wildman–Crippen LogP) is 4.19. The third kappa shape index (κ3) is 3.43. The van der Waals surface area contributed by atoms with Crippen LogP contribution in [0.15, 0.2) is 24.3 Å². The molecule has 4 aliphatic carbocycles. The molecule has 0 aromatic heterocycles. The van der Waals surface area contributed by atoms with Gasteiger partial charge in [-0.25, -0.2) is 0 Å². The van der Waals surface area contributed by atoms with Gasteiger partial charge in [-0.1, -0.05) is 12.1 Å². The van der Waals surface area contributed by atoms with Gasteiger partial charge in [-0.05, 0) is 87.7 Å². The van der Waals surface area contributed by atoms with Gasteiger partial charge in [0.15, 0.2) is 18.1 Å². The molecule has 1 aromatic rings. The van der Waals surface area contributed by atoms with Crippen molar-refractivity contribution in [2.75, 3.05) is 13.2 Å². The highest BCUT2D eigenvalue weighted by Crippen LogP contribution is 2.61. The summed E-state index contributed by atoms with van der Waals surface area (Å²) in [6.45, 7) is 4.77. The van der Waals surface area contributed by atoms with Crippen LogP contribution in [0.2, 0.25) is 0 Å². The first kappa shape index (κ1) is 17.7. The van der Waals surface area contributed by atoms with Crippen molar-refractivity contribution in [2.45, 2.75) is 58.4 Å². The van der Waals surface area contributed by atoms with Crippen LogP contribution in [0.1, 0.15) is 52.4 Å². The van der Waals surface area contributed by atoms with Crippen molar-refractivity contribution in [1.29, 1.82) is 0 Å². The smallest absolute Gasteiger partial charge is 0.258 e. The van der Waals surface area contributed by atoms with Crippen molar-refractivity contribution in [3.63, 3.8) is 0 Å². The number of para-hydroxylation sites is 2. The van der Waals surface area contributed by atoms with Gasteiger partial charge in [0.25, 0.3) is 5.91 Å². The SMILES string of the molecule is CCOc1ccccc1OCC(=O)N[C@@H](C)C12CC3CC(CC(C3)C1)C2. The predicted molar refractivity (Wildman–Crippen MR) is 101 cm³/mol. The Labute approximate surface area is 156 Å². The van der Waals surface area contributed by atoms with Crippen molar-refractivity contribution >= 4 is 5.91 Å². The zero-order valence-electron chi connectivity index (χ0n) is 16.0. The fourth-order valence-corrected chi connectivity index (χ4v) is 6.13. The van der Waals surface area contributed by atoms with Crippen molar-refractivity contribution in [3.05, 3.63) is 24.3 Å². The minimum absolute atomic E-state index is 0.0282. The quantitative estimate of drug-likeness (QED) is 0.796. The summed E-state index contributed by atoms with van der Waals surface area (Å²) >= 11 is 0. The Morgan fingerprint density at radius 1 is 1.08 bits per heavy atom. The van der Waals surface area contributed by atoms with E-state index in [1.807, 2.05) is 31.2 Å². The maximum absolute atomic E-state index is 12.5. The van der Waals surface area contributed by atoms with Crippen LogP contribution in [-0.4, -0.2) is 25.2 Å². The molecule has 1 atom stereocenters. The Morgan fingerprint density at radius 3 is 2.15 bits per heavy atom. The number of amides is 1. The summed E-state index contributed by atoms with van der Waals surface area (Å²) in [6.07, 6.45) is 8.18. The molecule has 0 radical (unpaired) electrons. The molecule has 0 saturated heterocycles. The maximum atomic E-state index is 12.5. The summed E-state index contributed by atoms with van der Waals surface area (Å²) in [5, 5.41) is 3.25. The van der Waals surface area contributed by atoms with E-state index in [2.05, 4.69) is 12.2 Å². The van der Waals surface area contributed by atoms with E-state index in [9.17, 15) is 4.79 Å². The van der Waals surface area contributed by atoms with Gasteiger partial charge in [0.1, 0.15) is 0 Å². The van der Waals surface area contributed by atoms with Crippen molar-refractivity contribution in [2.24, 2.45) is 23.2 Å². The van der Waals surface area contributed by atoms with Crippen LogP contribution in [0.4, 0.5) is 0 Å². The summed E-state index contributed by atoms with van der Waals surface area (Å²) in [7, 11) is 0. The largest absolute Gasteiger partial charge is 0.490 e. The normalized spacial score (nSPS) is 32.9. The zero-order valence-corrected chi connectivity index (χ0v) is 16.0. The second-order valence-electron chi connectivity index (χ2n) is 8.74. The highest BCUT2D eigenvalue weighted by molar-refractivity contribution is 5.78. The van der Waals surface area contributed by atoms with Crippen LogP contribution >= 0.6 is 0 Å². The van der Waals surface area contributed by atoms with Gasteiger partial charge in [-0.3, -0.25) is 4.79 Å². The molecule has 1 aromatic carbocycles. The molecule has 4 nitrogen and oxygen atoms in total. The first-order chi connectivity index (χ1) is 12.6. The Hall–Kier alpha value is -1.71. The monoisotopic (exact) mass is 357 g/mol. The molecular weight excluding hydrogens is 326 g/mol. The van der Waals surface area contributed by atoms with E-state index >= 15 is 0 Å². The van der Waals surface area contributed by atoms with Gasteiger partial charge in [-0.2, -0.15) is 0 Å². The summed E-state index contributed by atoms with van der Waals surface area (Å²) in [6, 6.07) is 7.75. The van der Waals surface area contributed by atoms with Crippen LogP contribution in [0, 0.1) is 23.2 Å². The average molecular weight is 357 g/mol. The molecule has 1 amide bonds. The summed E-state index contributed by atoms with van der Waals surface area (Å²) < 4.78 is 11.3. The number of rotatable bonds is 7. The second kappa shape index (κ2) is 7.13. The molecule has 4 bridgehead atoms. The summed E-state index contributed by atoms with van der Waals surface area (Å²) in [5.74, 6) is 3.99. The maximum Gasteiger partial charge on any atom is 0.258 e. The molecule has 4 fully saturated rings. The molecule has 0 aliphatic heterocycles. The Balaban J connectivity index is 1.34. The van der Waals surface area contributed by atoms with Gasteiger partial charge >= 0.3 is 0 Å². The molecule has 5 rings (SSSR count). The van der Waals surface area contributed by atoms with Crippen LogP contribution in [0.5, 0.6) is 11.5 Å². The van der Waals surface area contributed by atoms with E-state index in [0.29, 0.717) is 23.5 Å². The molecular formula is C22H31NO3. The number of ether oxygens (including phenoxy) is 2. The molecule has 1 N–H and O–H groups in total. The van der Waals surface area contributed by atoms with Crippen molar-refractivity contribution in [1.82, 2.24) is 5.32 Å². The molecule has 4 heteroatoms. The Kier molecular flexibility index (Phi) is 4.85. The zero-order chi connectivity index (χ0) is 18.1. The topological polar surface area (TPSA) is 47.6 Å². The first-order valence-electron chi connectivity index (χ1n) is 10.2. The lowest BCUT2D eigenvalue weighted by Crippen LogP contribution is -2.56. The van der Waals surface area contributed by atoms with Gasteiger partial charge in [0.05, 0.1) is 6.61 Å². The Bertz CT molecular complexity index is 621. The van der Waals surface area contributed by atoms with E-state index < -0.39 is 0 Å². The van der Waals surface area contributed by atoms with Crippen LogP contribution < -0.4 is 14.8 Å². The molecule has 0 heterocycles. The third-order valence-electron chi connectivity index (χ3n) is 6.89. The van der Waals surface area contributed by atoms with Gasteiger partial charge in [-0.15, -0.1) is 0 Å². The van der Waals surface area contributed by atoms with Crippen molar-refractivity contribution in [3.8, 4) is 11.5 Å².